The van der Waals surface area contributed by atoms with Crippen LogP contribution in [0.4, 0.5) is 5.69 Å². The molecule has 0 amide bonds. The second-order valence-corrected chi connectivity index (χ2v) is 10.9. The van der Waals surface area contributed by atoms with Gasteiger partial charge >= 0.3 is 5.97 Å². The summed E-state index contributed by atoms with van der Waals surface area (Å²) in [6.07, 6.45) is 1.80. The quantitative estimate of drug-likeness (QED) is 0.147. The van der Waals surface area contributed by atoms with Gasteiger partial charge in [0, 0.05) is 29.0 Å². The maximum atomic E-state index is 12.0. The van der Waals surface area contributed by atoms with E-state index in [0.717, 1.165) is 45.5 Å². The zero-order chi connectivity index (χ0) is 30.8. The van der Waals surface area contributed by atoms with E-state index in [-0.39, 0.29) is 18.1 Å². The smallest absolute Gasteiger partial charge is 0.337 e. The number of nitrogens with zero attached hydrogens (tertiary/aromatic N) is 3. The Morgan fingerprint density at radius 2 is 1.48 bits per heavy atom. The molecule has 1 fully saturated rings. The number of aryl methyl sites for hydroxylation is 1. The standard InChI is InChI=1S/C35H32N4O4S/c1-22-21-30(23(2)38(22)25-10-8-24(9-11-25)34(40)42-4)33-32(31-7-5-6-20-36-31)37-35(44)39(33)26-12-14-28(15-13-26)43-29-18-16-27(41-3)17-19-29/h5-21,32-33H,1-4H3,(H,37,44). The van der Waals surface area contributed by atoms with Crippen molar-refractivity contribution in [2.45, 2.75) is 25.9 Å². The summed E-state index contributed by atoms with van der Waals surface area (Å²) >= 11 is 5.96. The maximum Gasteiger partial charge on any atom is 0.337 e. The molecule has 1 saturated heterocycles. The Hall–Kier alpha value is -5.15. The van der Waals surface area contributed by atoms with E-state index in [4.69, 9.17) is 31.4 Å². The van der Waals surface area contributed by atoms with Gasteiger partial charge in [-0.2, -0.15) is 0 Å². The molecule has 0 radical (unpaired) electrons. The highest BCUT2D eigenvalue weighted by Gasteiger charge is 2.42. The molecule has 0 saturated carbocycles. The average Bonchev–Trinajstić information content (AvgIpc) is 3.56. The van der Waals surface area contributed by atoms with E-state index in [1.165, 1.54) is 7.11 Å². The minimum atomic E-state index is -0.363. The van der Waals surface area contributed by atoms with E-state index in [9.17, 15) is 4.79 Å². The molecule has 44 heavy (non-hydrogen) atoms. The summed E-state index contributed by atoms with van der Waals surface area (Å²) < 4.78 is 18.4. The second-order valence-electron chi connectivity index (χ2n) is 10.5. The molecule has 0 spiro atoms. The summed E-state index contributed by atoms with van der Waals surface area (Å²) in [6.45, 7) is 4.19. The predicted octanol–water partition coefficient (Wildman–Crippen LogP) is 7.25. The number of hydrogen-bond donors (Lipinski definition) is 1. The Morgan fingerprint density at radius 3 is 2.09 bits per heavy atom. The molecule has 8 nitrogen and oxygen atoms in total. The molecule has 9 heteroatoms. The molecule has 0 bridgehead atoms. The number of pyridine rings is 1. The molecule has 1 aliphatic rings. The minimum absolute atomic E-state index is 0.181. The Kier molecular flexibility index (Phi) is 8.04. The van der Waals surface area contributed by atoms with Crippen molar-refractivity contribution in [2.24, 2.45) is 0 Å². The number of aromatic nitrogens is 2. The Morgan fingerprint density at radius 1 is 0.841 bits per heavy atom. The van der Waals surface area contributed by atoms with Crippen LogP contribution in [0.15, 0.2) is 103 Å². The normalized spacial score (nSPS) is 16.0. The highest BCUT2D eigenvalue weighted by molar-refractivity contribution is 7.80. The second kappa shape index (κ2) is 12.2. The van der Waals surface area contributed by atoms with Crippen molar-refractivity contribution in [3.63, 3.8) is 0 Å². The van der Waals surface area contributed by atoms with Crippen LogP contribution >= 0.6 is 12.2 Å². The summed E-state index contributed by atoms with van der Waals surface area (Å²) in [4.78, 5) is 18.9. The van der Waals surface area contributed by atoms with Gasteiger partial charge in [0.25, 0.3) is 0 Å². The van der Waals surface area contributed by atoms with E-state index in [1.54, 1.807) is 25.4 Å². The molecule has 3 heterocycles. The third kappa shape index (κ3) is 5.49. The van der Waals surface area contributed by atoms with Crippen LogP contribution in [0.5, 0.6) is 17.2 Å². The van der Waals surface area contributed by atoms with E-state index >= 15 is 0 Å². The Balaban J connectivity index is 1.37. The van der Waals surface area contributed by atoms with Crippen LogP contribution < -0.4 is 19.7 Å². The van der Waals surface area contributed by atoms with Gasteiger partial charge in [-0.25, -0.2) is 4.79 Å². The van der Waals surface area contributed by atoms with Gasteiger partial charge in [0.2, 0.25) is 0 Å². The third-order valence-corrected chi connectivity index (χ3v) is 8.16. The largest absolute Gasteiger partial charge is 0.497 e. The van der Waals surface area contributed by atoms with E-state index in [1.807, 2.05) is 78.9 Å². The predicted molar refractivity (Wildman–Crippen MR) is 174 cm³/mol. The Labute approximate surface area is 261 Å². The van der Waals surface area contributed by atoms with Crippen molar-refractivity contribution < 1.29 is 19.0 Å². The summed E-state index contributed by atoms with van der Waals surface area (Å²) in [5.74, 6) is 1.84. The molecule has 222 valence electrons. The van der Waals surface area contributed by atoms with Crippen LogP contribution in [-0.2, 0) is 4.74 Å². The van der Waals surface area contributed by atoms with Crippen LogP contribution in [0, 0.1) is 13.8 Å². The van der Waals surface area contributed by atoms with Crippen molar-refractivity contribution >= 4 is 29.0 Å². The number of ether oxygens (including phenoxy) is 3. The topological polar surface area (TPSA) is 77.9 Å². The number of methoxy groups -OCH3 is 2. The first-order valence-electron chi connectivity index (χ1n) is 14.2. The Bertz CT molecular complexity index is 1790. The van der Waals surface area contributed by atoms with Crippen LogP contribution in [0.3, 0.4) is 0 Å². The first-order valence-corrected chi connectivity index (χ1v) is 14.6. The number of carbonyl (C=O) groups is 1. The first kappa shape index (κ1) is 28.9. The fraction of sp³-hybridized carbons (Fsp3) is 0.171. The third-order valence-electron chi connectivity index (χ3n) is 7.84. The lowest BCUT2D eigenvalue weighted by molar-refractivity contribution is 0.0600. The van der Waals surface area contributed by atoms with Gasteiger partial charge in [0.05, 0.1) is 37.6 Å². The first-order chi connectivity index (χ1) is 21.4. The minimum Gasteiger partial charge on any atom is -0.497 e. The lowest BCUT2D eigenvalue weighted by Gasteiger charge is -2.28. The van der Waals surface area contributed by atoms with Crippen molar-refractivity contribution in [1.82, 2.24) is 14.9 Å². The SMILES string of the molecule is COC(=O)c1ccc(-n2c(C)cc(C3C(c4ccccn4)NC(=S)N3c3ccc(Oc4ccc(OC)cc4)cc3)c2C)cc1. The van der Waals surface area contributed by atoms with Gasteiger partial charge in [0.1, 0.15) is 17.2 Å². The zero-order valence-electron chi connectivity index (χ0n) is 24.9. The summed E-state index contributed by atoms with van der Waals surface area (Å²) in [7, 11) is 3.02. The molecule has 2 aromatic heterocycles. The summed E-state index contributed by atoms with van der Waals surface area (Å²) in [5, 5.41) is 4.16. The highest BCUT2D eigenvalue weighted by Crippen LogP contribution is 2.44. The molecular formula is C35H32N4O4S. The average molecular weight is 605 g/mol. The number of anilines is 1. The monoisotopic (exact) mass is 604 g/mol. The molecule has 2 unspecified atom stereocenters. The number of thiocarbonyl (C=S) groups is 1. The maximum absolute atomic E-state index is 12.0. The van der Waals surface area contributed by atoms with Gasteiger partial charge in [0.15, 0.2) is 5.11 Å². The molecule has 6 rings (SSSR count). The van der Waals surface area contributed by atoms with Crippen LogP contribution in [0.25, 0.3) is 5.69 Å². The van der Waals surface area contributed by atoms with Crippen molar-refractivity contribution in [3.8, 4) is 22.9 Å². The number of rotatable bonds is 8. The molecule has 1 N–H and O–H groups in total. The van der Waals surface area contributed by atoms with Gasteiger partial charge in [-0.1, -0.05) is 6.07 Å². The van der Waals surface area contributed by atoms with Crippen LogP contribution in [0.2, 0.25) is 0 Å². The van der Waals surface area contributed by atoms with Gasteiger partial charge < -0.3 is 29.0 Å². The number of benzene rings is 3. The highest BCUT2D eigenvalue weighted by atomic mass is 32.1. The number of hydrogen-bond acceptors (Lipinski definition) is 6. The molecular weight excluding hydrogens is 572 g/mol. The van der Waals surface area contributed by atoms with Crippen molar-refractivity contribution in [1.29, 1.82) is 0 Å². The fourth-order valence-electron chi connectivity index (χ4n) is 5.75. The summed E-state index contributed by atoms with van der Waals surface area (Å²) in [6, 6.07) is 30.6. The van der Waals surface area contributed by atoms with E-state index in [2.05, 4.69) is 34.7 Å². The molecule has 0 aliphatic carbocycles. The van der Waals surface area contributed by atoms with E-state index < -0.39 is 0 Å². The summed E-state index contributed by atoms with van der Waals surface area (Å²) in [5.41, 5.74) is 6.52. The zero-order valence-corrected chi connectivity index (χ0v) is 25.7. The molecule has 3 aromatic carbocycles. The van der Waals surface area contributed by atoms with Crippen molar-refractivity contribution in [3.05, 3.63) is 131 Å². The molecule has 1 aliphatic heterocycles. The lowest BCUT2D eigenvalue weighted by Crippen LogP contribution is -2.29. The van der Waals surface area contributed by atoms with Crippen LogP contribution in [-0.4, -0.2) is 34.9 Å². The van der Waals surface area contributed by atoms with Gasteiger partial charge in [-0.05, 0) is 123 Å². The van der Waals surface area contributed by atoms with Crippen molar-refractivity contribution in [2.75, 3.05) is 19.1 Å². The number of carbonyl (C=O) groups excluding carboxylic acids is 1. The van der Waals surface area contributed by atoms with Gasteiger partial charge in [-0.3, -0.25) is 4.98 Å². The van der Waals surface area contributed by atoms with Gasteiger partial charge in [-0.15, -0.1) is 0 Å². The number of nitrogens with one attached hydrogen (secondary N) is 1. The van der Waals surface area contributed by atoms with Crippen LogP contribution in [0.1, 0.15) is 45.1 Å². The molecule has 5 aromatic rings. The van der Waals surface area contributed by atoms with E-state index in [0.29, 0.717) is 16.4 Å². The fourth-order valence-corrected chi connectivity index (χ4v) is 6.10. The molecule has 2 atom stereocenters. The lowest BCUT2D eigenvalue weighted by atomic mass is 9.96. The number of esters is 1.